The van der Waals surface area contributed by atoms with E-state index in [1.807, 2.05) is 42.7 Å². The minimum absolute atomic E-state index is 0.115. The maximum absolute atomic E-state index is 13.2. The lowest BCUT2D eigenvalue weighted by Gasteiger charge is -2.37. The fourth-order valence-electron chi connectivity index (χ4n) is 4.48. The summed E-state index contributed by atoms with van der Waals surface area (Å²) in [7, 11) is 0. The molecule has 0 radical (unpaired) electrons. The van der Waals surface area contributed by atoms with Crippen LogP contribution in [0.25, 0.3) is 10.9 Å². The molecular formula is C23H29N5O. The average molecular weight is 392 g/mol. The molecule has 6 heteroatoms. The predicted octanol–water partition coefficient (Wildman–Crippen LogP) is 3.77. The molecule has 1 saturated carbocycles. The summed E-state index contributed by atoms with van der Waals surface area (Å²) < 4.78 is 0. The van der Waals surface area contributed by atoms with Crippen LogP contribution in [0.3, 0.4) is 0 Å². The van der Waals surface area contributed by atoms with Crippen molar-refractivity contribution in [2.45, 2.75) is 45.2 Å². The highest BCUT2D eigenvalue weighted by Gasteiger charge is 2.29. The SMILES string of the molecule is CCN(C(=O)c1cc2ccccc2[nH]1)[C@H]1CCC[C@@H](CNCc2cncnc2)C1. The number of para-hydroxylation sites is 1. The van der Waals surface area contributed by atoms with Gasteiger partial charge in [0.05, 0.1) is 0 Å². The Kier molecular flexibility index (Phi) is 6.20. The molecule has 0 unspecified atom stereocenters. The van der Waals surface area contributed by atoms with Crippen LogP contribution in [0, 0.1) is 5.92 Å². The topological polar surface area (TPSA) is 73.9 Å². The average Bonchev–Trinajstić information content (AvgIpc) is 3.20. The van der Waals surface area contributed by atoms with E-state index in [2.05, 4.69) is 32.1 Å². The molecule has 2 N–H and O–H groups in total. The van der Waals surface area contributed by atoms with E-state index < -0.39 is 0 Å². The van der Waals surface area contributed by atoms with Crippen molar-refractivity contribution in [1.29, 1.82) is 0 Å². The van der Waals surface area contributed by atoms with Gasteiger partial charge in [-0.1, -0.05) is 24.6 Å². The van der Waals surface area contributed by atoms with Crippen molar-refractivity contribution in [3.63, 3.8) is 0 Å². The molecule has 0 saturated heterocycles. The van der Waals surface area contributed by atoms with Gasteiger partial charge in [0.1, 0.15) is 12.0 Å². The van der Waals surface area contributed by atoms with Gasteiger partial charge in [0.25, 0.3) is 5.91 Å². The minimum Gasteiger partial charge on any atom is -0.351 e. The zero-order chi connectivity index (χ0) is 20.1. The summed E-state index contributed by atoms with van der Waals surface area (Å²) in [5.41, 5.74) is 2.81. The molecule has 1 aliphatic rings. The second-order valence-corrected chi connectivity index (χ2v) is 7.93. The van der Waals surface area contributed by atoms with Crippen molar-refractivity contribution in [2.24, 2.45) is 5.92 Å². The molecule has 1 amide bonds. The van der Waals surface area contributed by atoms with Crippen molar-refractivity contribution in [3.05, 3.63) is 60.3 Å². The van der Waals surface area contributed by atoms with E-state index in [0.717, 1.165) is 48.9 Å². The first-order chi connectivity index (χ1) is 14.2. The molecule has 6 nitrogen and oxygen atoms in total. The lowest BCUT2D eigenvalue weighted by Crippen LogP contribution is -2.44. The van der Waals surface area contributed by atoms with E-state index in [0.29, 0.717) is 17.7 Å². The third-order valence-electron chi connectivity index (χ3n) is 5.93. The molecule has 29 heavy (non-hydrogen) atoms. The second kappa shape index (κ2) is 9.18. The van der Waals surface area contributed by atoms with Crippen molar-refractivity contribution >= 4 is 16.8 Å². The number of nitrogens with zero attached hydrogens (tertiary/aromatic N) is 3. The molecule has 1 aliphatic carbocycles. The summed E-state index contributed by atoms with van der Waals surface area (Å²) >= 11 is 0. The molecule has 152 valence electrons. The molecule has 0 aliphatic heterocycles. The third kappa shape index (κ3) is 4.65. The standard InChI is InChI=1S/C23H29N5O/c1-2-28(23(29)22-11-19-7-3-4-9-21(19)27-22)20-8-5-6-17(10-20)12-24-13-18-14-25-16-26-15-18/h3-4,7,9,11,14-17,20,24,27H,2,5-6,8,10,12-13H2,1H3/t17-,20+/m1/s1. The van der Waals surface area contributed by atoms with E-state index in [-0.39, 0.29) is 5.91 Å². The Balaban J connectivity index is 1.37. The number of aromatic nitrogens is 3. The molecule has 1 aromatic carbocycles. The van der Waals surface area contributed by atoms with Crippen molar-refractivity contribution in [1.82, 2.24) is 25.2 Å². The number of fused-ring (bicyclic) bond motifs is 1. The quantitative estimate of drug-likeness (QED) is 0.643. The number of carbonyl (C=O) groups is 1. The first kappa shape index (κ1) is 19.6. The third-order valence-corrected chi connectivity index (χ3v) is 5.93. The Morgan fingerprint density at radius 2 is 2.07 bits per heavy atom. The van der Waals surface area contributed by atoms with Crippen LogP contribution in [0.5, 0.6) is 0 Å². The number of H-pyrrole nitrogens is 1. The fraction of sp³-hybridized carbons (Fsp3) is 0.435. The lowest BCUT2D eigenvalue weighted by molar-refractivity contribution is 0.0608. The first-order valence-corrected chi connectivity index (χ1v) is 10.6. The summed E-state index contributed by atoms with van der Waals surface area (Å²) in [5.74, 6) is 0.701. The van der Waals surface area contributed by atoms with E-state index in [9.17, 15) is 4.79 Å². The van der Waals surface area contributed by atoms with Gasteiger partial charge in [0.15, 0.2) is 0 Å². The van der Waals surface area contributed by atoms with Crippen LogP contribution in [-0.4, -0.2) is 44.9 Å². The van der Waals surface area contributed by atoms with Gasteiger partial charge >= 0.3 is 0 Å². The zero-order valence-corrected chi connectivity index (χ0v) is 17.0. The van der Waals surface area contributed by atoms with Gasteiger partial charge in [-0.15, -0.1) is 0 Å². The number of nitrogens with one attached hydrogen (secondary N) is 2. The molecule has 2 atom stereocenters. The largest absolute Gasteiger partial charge is 0.351 e. The number of rotatable bonds is 7. The highest BCUT2D eigenvalue weighted by molar-refractivity contribution is 5.98. The van der Waals surface area contributed by atoms with E-state index in [1.165, 1.54) is 12.8 Å². The summed E-state index contributed by atoms with van der Waals surface area (Å²) in [5, 5.41) is 4.62. The fourth-order valence-corrected chi connectivity index (χ4v) is 4.48. The van der Waals surface area contributed by atoms with Gasteiger partial charge in [-0.25, -0.2) is 9.97 Å². The first-order valence-electron chi connectivity index (χ1n) is 10.6. The van der Waals surface area contributed by atoms with Crippen LogP contribution in [0.2, 0.25) is 0 Å². The van der Waals surface area contributed by atoms with Gasteiger partial charge < -0.3 is 15.2 Å². The van der Waals surface area contributed by atoms with Crippen LogP contribution in [0.1, 0.15) is 48.7 Å². The summed E-state index contributed by atoms with van der Waals surface area (Å²) in [6.07, 6.45) is 9.78. The molecule has 4 rings (SSSR count). The summed E-state index contributed by atoms with van der Waals surface area (Å²) in [4.78, 5) is 26.7. The predicted molar refractivity (Wildman–Crippen MR) is 114 cm³/mol. The number of aromatic amines is 1. The van der Waals surface area contributed by atoms with Gasteiger partial charge in [-0.3, -0.25) is 4.79 Å². The van der Waals surface area contributed by atoms with Crippen LogP contribution in [-0.2, 0) is 6.54 Å². The molecule has 0 spiro atoms. The maximum atomic E-state index is 13.2. The number of hydrogen-bond acceptors (Lipinski definition) is 4. The van der Waals surface area contributed by atoms with Gasteiger partial charge in [0, 0.05) is 48.0 Å². The maximum Gasteiger partial charge on any atom is 0.270 e. The number of amides is 1. The Morgan fingerprint density at radius 3 is 2.86 bits per heavy atom. The smallest absolute Gasteiger partial charge is 0.270 e. The van der Waals surface area contributed by atoms with Crippen LogP contribution >= 0.6 is 0 Å². The molecule has 2 heterocycles. The van der Waals surface area contributed by atoms with Gasteiger partial charge in [-0.05, 0) is 50.8 Å². The Morgan fingerprint density at radius 1 is 1.24 bits per heavy atom. The molecule has 0 bridgehead atoms. The molecule has 3 aromatic rings. The Hall–Kier alpha value is -2.73. The van der Waals surface area contributed by atoms with Crippen molar-refractivity contribution in [2.75, 3.05) is 13.1 Å². The normalized spacial score (nSPS) is 19.3. The Bertz CT molecular complexity index is 906. The number of carbonyl (C=O) groups excluding carboxylic acids is 1. The number of hydrogen-bond donors (Lipinski definition) is 2. The molecule has 1 fully saturated rings. The van der Waals surface area contributed by atoms with E-state index in [4.69, 9.17) is 0 Å². The minimum atomic E-state index is 0.115. The highest BCUT2D eigenvalue weighted by Crippen LogP contribution is 2.29. The second-order valence-electron chi connectivity index (χ2n) is 7.93. The van der Waals surface area contributed by atoms with Crippen LogP contribution in [0.15, 0.2) is 49.1 Å². The summed E-state index contributed by atoms with van der Waals surface area (Å²) in [6.45, 7) is 4.56. The number of benzene rings is 1. The van der Waals surface area contributed by atoms with Gasteiger partial charge in [0.2, 0.25) is 0 Å². The van der Waals surface area contributed by atoms with Crippen molar-refractivity contribution < 1.29 is 4.79 Å². The molecular weight excluding hydrogens is 362 g/mol. The van der Waals surface area contributed by atoms with Crippen LogP contribution in [0.4, 0.5) is 0 Å². The van der Waals surface area contributed by atoms with E-state index >= 15 is 0 Å². The van der Waals surface area contributed by atoms with Crippen molar-refractivity contribution in [3.8, 4) is 0 Å². The van der Waals surface area contributed by atoms with Crippen LogP contribution < -0.4 is 5.32 Å². The van der Waals surface area contributed by atoms with Gasteiger partial charge in [-0.2, -0.15) is 0 Å². The lowest BCUT2D eigenvalue weighted by atomic mass is 9.84. The van der Waals surface area contributed by atoms with E-state index in [1.54, 1.807) is 6.33 Å². The highest BCUT2D eigenvalue weighted by atomic mass is 16.2. The monoisotopic (exact) mass is 391 g/mol. The zero-order valence-electron chi connectivity index (χ0n) is 17.0. The molecule has 2 aromatic heterocycles. The Labute approximate surface area is 171 Å². The summed E-state index contributed by atoms with van der Waals surface area (Å²) in [6, 6.07) is 10.3.